The van der Waals surface area contributed by atoms with Crippen molar-refractivity contribution in [2.75, 3.05) is 0 Å². The van der Waals surface area contributed by atoms with Gasteiger partial charge in [0, 0.05) is 41.0 Å². The number of hydrogen-bond donors (Lipinski definition) is 0. The van der Waals surface area contributed by atoms with Crippen LogP contribution in [-0.2, 0) is 20.0 Å². The predicted octanol–water partition coefficient (Wildman–Crippen LogP) is 5.59. The maximum atomic E-state index is 16.0. The van der Waals surface area contributed by atoms with Crippen LogP contribution in [-0.4, -0.2) is 25.6 Å². The van der Waals surface area contributed by atoms with Crippen LogP contribution in [0.1, 0.15) is 65.6 Å². The van der Waals surface area contributed by atoms with Crippen molar-refractivity contribution in [1.82, 2.24) is 19.7 Å². The van der Waals surface area contributed by atoms with Crippen LogP contribution in [0.25, 0.3) is 22.0 Å². The molecule has 5 nitrogen and oxygen atoms in total. The molecule has 1 aliphatic carbocycles. The zero-order valence-corrected chi connectivity index (χ0v) is 17.9. The van der Waals surface area contributed by atoms with Crippen LogP contribution in [0.2, 0.25) is 0 Å². The van der Waals surface area contributed by atoms with Crippen molar-refractivity contribution in [3.63, 3.8) is 0 Å². The lowest BCUT2D eigenvalue weighted by Crippen LogP contribution is -2.25. The molecule has 0 atom stereocenters. The Bertz CT molecular complexity index is 1580. The number of fused-ring (bicyclic) bond motifs is 2. The van der Waals surface area contributed by atoms with E-state index in [-0.39, 0.29) is 23.7 Å². The second kappa shape index (κ2) is 7.80. The van der Waals surface area contributed by atoms with Crippen LogP contribution in [0, 0.1) is 5.82 Å². The Kier molecular flexibility index (Phi) is 3.62. The van der Waals surface area contributed by atoms with E-state index in [0.29, 0.717) is 27.6 Å². The molecule has 166 valence electrons. The normalized spacial score (nSPS) is 20.3. The summed E-state index contributed by atoms with van der Waals surface area (Å²) in [4.78, 5) is 18.3. The lowest BCUT2D eigenvalue weighted by Gasteiger charge is -2.22. The van der Waals surface area contributed by atoms with Crippen molar-refractivity contribution in [2.24, 2.45) is 6.98 Å². The third kappa shape index (κ3) is 3.41. The molecule has 2 aromatic heterocycles. The average Bonchev–Trinajstić information content (AvgIpc) is 3.60. The van der Waals surface area contributed by atoms with Crippen LogP contribution in [0.4, 0.5) is 4.39 Å². The molecule has 3 heterocycles. The minimum Gasteiger partial charge on any atom is -0.328 e. The molecule has 1 aliphatic heterocycles. The molecule has 6 heteroatoms. The molecule has 0 spiro atoms. The topological polar surface area (TPSA) is 51.0 Å². The number of aryl methyl sites for hydroxylation is 1. The van der Waals surface area contributed by atoms with Crippen molar-refractivity contribution < 1.29 is 16.0 Å². The standard InChI is InChI=1S/C27H25FN4O/c1-31-14-23-19(8-4-10-25(23)30-31)18-12-21(17-6-2-3-7-17)22(24(28)13-18)15-32-16-26-20(27(32)33)9-5-11-29-26/h4-5,8-14,17H,2-3,6-7,15-16H2,1H3/i1D3,16D2. The fourth-order valence-corrected chi connectivity index (χ4v) is 5.14. The Balaban J connectivity index is 1.46. The summed E-state index contributed by atoms with van der Waals surface area (Å²) in [6.45, 7) is -4.82. The van der Waals surface area contributed by atoms with Crippen LogP contribution < -0.4 is 0 Å². The van der Waals surface area contributed by atoms with Gasteiger partial charge in [-0.25, -0.2) is 4.39 Å². The highest BCUT2D eigenvalue weighted by atomic mass is 19.1. The van der Waals surface area contributed by atoms with Crippen LogP contribution in [0.5, 0.6) is 0 Å². The lowest BCUT2D eigenvalue weighted by molar-refractivity contribution is 0.0764. The molecule has 0 radical (unpaired) electrons. The summed E-state index contributed by atoms with van der Waals surface area (Å²) >= 11 is 0. The summed E-state index contributed by atoms with van der Waals surface area (Å²) in [6.07, 6.45) is 6.67. The van der Waals surface area contributed by atoms with E-state index in [2.05, 4.69) is 10.1 Å². The van der Waals surface area contributed by atoms with Crippen LogP contribution in [0.3, 0.4) is 0 Å². The summed E-state index contributed by atoms with van der Waals surface area (Å²) in [5, 5.41) is 4.79. The maximum absolute atomic E-state index is 16.0. The van der Waals surface area contributed by atoms with E-state index in [9.17, 15) is 4.79 Å². The van der Waals surface area contributed by atoms with Crippen LogP contribution in [0.15, 0.2) is 54.9 Å². The number of rotatable bonds is 4. The molecule has 33 heavy (non-hydrogen) atoms. The second-order valence-electron chi connectivity index (χ2n) is 8.72. The summed E-state index contributed by atoms with van der Waals surface area (Å²) in [7, 11) is 0. The highest BCUT2D eigenvalue weighted by Crippen LogP contribution is 2.40. The smallest absolute Gasteiger partial charge is 0.256 e. The Hall–Kier alpha value is -3.54. The largest absolute Gasteiger partial charge is 0.328 e. The van der Waals surface area contributed by atoms with Gasteiger partial charge in [0.15, 0.2) is 0 Å². The molecule has 4 aromatic rings. The van der Waals surface area contributed by atoms with Gasteiger partial charge in [-0.05, 0) is 59.7 Å². The van der Waals surface area contributed by atoms with Crippen molar-refractivity contribution in [1.29, 1.82) is 0 Å². The van der Waals surface area contributed by atoms with Gasteiger partial charge in [0.1, 0.15) is 5.82 Å². The highest BCUT2D eigenvalue weighted by molar-refractivity contribution is 5.98. The first-order chi connectivity index (χ1) is 18.1. The molecule has 0 bridgehead atoms. The molecule has 1 saturated carbocycles. The molecule has 0 unspecified atom stereocenters. The number of pyridine rings is 1. The van der Waals surface area contributed by atoms with Gasteiger partial charge in [-0.2, -0.15) is 5.10 Å². The fourth-order valence-electron chi connectivity index (χ4n) is 5.14. The predicted molar refractivity (Wildman–Crippen MR) is 125 cm³/mol. The zero-order valence-electron chi connectivity index (χ0n) is 22.9. The monoisotopic (exact) mass is 445 g/mol. The molecule has 2 aliphatic rings. The van der Waals surface area contributed by atoms with Gasteiger partial charge in [0.25, 0.3) is 5.91 Å². The number of benzene rings is 2. The molecule has 0 saturated heterocycles. The van der Waals surface area contributed by atoms with Gasteiger partial charge in [-0.3, -0.25) is 14.5 Å². The average molecular weight is 446 g/mol. The quantitative estimate of drug-likeness (QED) is 0.412. The van der Waals surface area contributed by atoms with Gasteiger partial charge >= 0.3 is 0 Å². The minimum atomic E-state index is -2.44. The first kappa shape index (κ1) is 15.3. The lowest BCUT2D eigenvalue weighted by atomic mass is 9.88. The first-order valence-corrected chi connectivity index (χ1v) is 11.1. The van der Waals surface area contributed by atoms with Gasteiger partial charge in [0.2, 0.25) is 0 Å². The van der Waals surface area contributed by atoms with Gasteiger partial charge in [0.05, 0.1) is 26.0 Å². The number of hydrogen-bond acceptors (Lipinski definition) is 3. The van der Waals surface area contributed by atoms with E-state index in [1.807, 2.05) is 12.1 Å². The molecule has 6 rings (SSSR count). The number of carbonyl (C=O) groups is 1. The van der Waals surface area contributed by atoms with E-state index in [1.165, 1.54) is 18.5 Å². The van der Waals surface area contributed by atoms with E-state index in [0.717, 1.165) is 40.8 Å². The van der Waals surface area contributed by atoms with Crippen molar-refractivity contribution >= 4 is 16.8 Å². The fraction of sp³-hybridized carbons (Fsp3) is 0.296. The van der Waals surface area contributed by atoms with E-state index < -0.39 is 25.2 Å². The third-order valence-electron chi connectivity index (χ3n) is 6.73. The maximum Gasteiger partial charge on any atom is 0.256 e. The van der Waals surface area contributed by atoms with E-state index in [1.54, 1.807) is 24.3 Å². The van der Waals surface area contributed by atoms with E-state index in [4.69, 9.17) is 6.85 Å². The zero-order chi connectivity index (χ0) is 26.8. The molecular formula is C27H25FN4O. The third-order valence-corrected chi connectivity index (χ3v) is 6.73. The molecule has 1 amide bonds. The number of nitrogens with zero attached hydrogens (tertiary/aromatic N) is 4. The first-order valence-electron chi connectivity index (χ1n) is 13.6. The Morgan fingerprint density at radius 1 is 1.18 bits per heavy atom. The minimum absolute atomic E-state index is 0.0439. The number of aromatic nitrogens is 3. The Labute approximate surface area is 198 Å². The molecule has 1 fully saturated rings. The second-order valence-corrected chi connectivity index (χ2v) is 8.72. The summed E-state index contributed by atoms with van der Waals surface area (Å²) in [5.41, 5.74) is 3.03. The van der Waals surface area contributed by atoms with E-state index >= 15 is 4.39 Å². The molecule has 2 aromatic carbocycles. The van der Waals surface area contributed by atoms with Crippen molar-refractivity contribution in [3.8, 4) is 11.1 Å². The summed E-state index contributed by atoms with van der Waals surface area (Å²) in [5.74, 6) is -0.967. The van der Waals surface area contributed by atoms with Crippen LogP contribution >= 0.6 is 0 Å². The Morgan fingerprint density at radius 3 is 2.85 bits per heavy atom. The highest BCUT2D eigenvalue weighted by Gasteiger charge is 2.31. The van der Waals surface area contributed by atoms with Crippen molar-refractivity contribution in [3.05, 3.63) is 83.1 Å². The van der Waals surface area contributed by atoms with Crippen molar-refractivity contribution in [2.45, 2.75) is 44.6 Å². The number of carbonyl (C=O) groups excluding carboxylic acids is 1. The SMILES string of the molecule is [2H]C1([2H])c2ncccc2C(=O)N1Cc1c(F)cc(-c2cccc3nn(C([2H])([2H])[2H])cc23)cc1C1CCCC1. The van der Waals surface area contributed by atoms with Gasteiger partial charge < -0.3 is 4.90 Å². The summed E-state index contributed by atoms with van der Waals surface area (Å²) in [6, 6.07) is 11.7. The number of amides is 1. The molecule has 0 N–H and O–H groups in total. The van der Waals surface area contributed by atoms with Gasteiger partial charge in [-0.15, -0.1) is 0 Å². The summed E-state index contributed by atoms with van der Waals surface area (Å²) < 4.78 is 57.3. The Morgan fingerprint density at radius 2 is 2.03 bits per heavy atom. The molecular weight excluding hydrogens is 415 g/mol. The van der Waals surface area contributed by atoms with Gasteiger partial charge in [-0.1, -0.05) is 31.0 Å². The number of halogens is 1.